The molecular formula is C22H22FN7O3. The maximum atomic E-state index is 13.7. The van der Waals surface area contributed by atoms with Gasteiger partial charge in [0, 0.05) is 0 Å². The molecule has 0 saturated carbocycles. The zero-order valence-corrected chi connectivity index (χ0v) is 17.8. The molecule has 3 N–H and O–H groups in total. The van der Waals surface area contributed by atoms with E-state index in [-0.39, 0.29) is 12.4 Å². The molecule has 1 aliphatic heterocycles. The lowest BCUT2D eigenvalue weighted by molar-refractivity contribution is 0.0506. The van der Waals surface area contributed by atoms with E-state index in [0.29, 0.717) is 36.4 Å². The Labute approximate surface area is 188 Å². The van der Waals surface area contributed by atoms with Crippen LogP contribution in [0.25, 0.3) is 5.69 Å². The van der Waals surface area contributed by atoms with Crippen LogP contribution in [0.5, 0.6) is 17.5 Å². The molecule has 2 aromatic heterocycles. The number of aromatic nitrogens is 5. The van der Waals surface area contributed by atoms with Crippen LogP contribution in [0.15, 0.2) is 60.9 Å². The first-order valence-electron chi connectivity index (χ1n) is 10.3. The second-order valence-corrected chi connectivity index (χ2v) is 7.89. The number of para-hydroxylation sites is 1. The summed E-state index contributed by atoms with van der Waals surface area (Å²) in [4.78, 5) is 4.25. The van der Waals surface area contributed by atoms with Gasteiger partial charge in [-0.15, -0.1) is 5.10 Å². The van der Waals surface area contributed by atoms with Crippen molar-refractivity contribution in [2.24, 2.45) is 5.84 Å². The monoisotopic (exact) mass is 451 g/mol. The molecule has 0 bridgehead atoms. The molecule has 4 aromatic rings. The van der Waals surface area contributed by atoms with Gasteiger partial charge in [0.2, 0.25) is 0 Å². The molecule has 1 atom stereocenters. The fourth-order valence-electron chi connectivity index (χ4n) is 3.49. The van der Waals surface area contributed by atoms with E-state index in [1.165, 1.54) is 6.07 Å². The van der Waals surface area contributed by atoms with E-state index in [4.69, 9.17) is 20.1 Å². The second-order valence-electron chi connectivity index (χ2n) is 7.89. The molecule has 1 unspecified atom stereocenters. The van der Waals surface area contributed by atoms with E-state index in [0.717, 1.165) is 5.69 Å². The van der Waals surface area contributed by atoms with Gasteiger partial charge in [0.1, 0.15) is 24.7 Å². The zero-order chi connectivity index (χ0) is 22.8. The van der Waals surface area contributed by atoms with Crippen LogP contribution in [0.4, 0.5) is 10.2 Å². The summed E-state index contributed by atoms with van der Waals surface area (Å²) in [6, 6.07) is 14.2. The van der Waals surface area contributed by atoms with Gasteiger partial charge < -0.3 is 19.6 Å². The first-order valence-corrected chi connectivity index (χ1v) is 10.3. The summed E-state index contributed by atoms with van der Waals surface area (Å²) >= 11 is 0. The number of nitrogen functional groups attached to an aromatic ring is 1. The lowest BCUT2D eigenvalue weighted by Gasteiger charge is -2.23. The highest BCUT2D eigenvalue weighted by molar-refractivity contribution is 5.37. The Morgan fingerprint density at radius 3 is 2.73 bits per heavy atom. The Balaban J connectivity index is 1.16. The Kier molecular flexibility index (Phi) is 5.31. The normalized spacial score (nSPS) is 16.8. The molecule has 170 valence electrons. The van der Waals surface area contributed by atoms with E-state index in [9.17, 15) is 4.39 Å². The van der Waals surface area contributed by atoms with E-state index < -0.39 is 11.4 Å². The molecule has 0 spiro atoms. The van der Waals surface area contributed by atoms with E-state index >= 15 is 0 Å². The maximum Gasteiger partial charge on any atom is 0.299 e. The maximum absolute atomic E-state index is 13.7. The van der Waals surface area contributed by atoms with Crippen LogP contribution in [0.3, 0.4) is 0 Å². The molecule has 11 heteroatoms. The molecular weight excluding hydrogens is 429 g/mol. The van der Waals surface area contributed by atoms with E-state index in [1.54, 1.807) is 35.3 Å². The number of fused-ring (bicyclic) bond motifs is 1. The molecule has 0 amide bonds. The third-order valence-corrected chi connectivity index (χ3v) is 5.13. The minimum Gasteiger partial charge on any atom is -0.489 e. The molecule has 3 heterocycles. The van der Waals surface area contributed by atoms with Crippen molar-refractivity contribution in [3.63, 3.8) is 0 Å². The molecule has 0 radical (unpaired) electrons. The Morgan fingerprint density at radius 2 is 1.97 bits per heavy atom. The topological polar surface area (TPSA) is 114 Å². The largest absolute Gasteiger partial charge is 0.489 e. The van der Waals surface area contributed by atoms with Gasteiger partial charge in [-0.05, 0) is 43.3 Å². The van der Waals surface area contributed by atoms with Crippen LogP contribution in [0, 0.1) is 5.82 Å². The lowest BCUT2D eigenvalue weighted by Crippen LogP contribution is -2.38. The third kappa shape index (κ3) is 4.44. The van der Waals surface area contributed by atoms with Crippen LogP contribution in [0.2, 0.25) is 0 Å². The van der Waals surface area contributed by atoms with Gasteiger partial charge in [0.15, 0.2) is 23.0 Å². The Hall–Kier alpha value is -4.12. The predicted molar refractivity (Wildman–Crippen MR) is 117 cm³/mol. The zero-order valence-electron chi connectivity index (χ0n) is 17.8. The minimum absolute atomic E-state index is 0.112. The van der Waals surface area contributed by atoms with Crippen molar-refractivity contribution >= 4 is 5.82 Å². The summed E-state index contributed by atoms with van der Waals surface area (Å²) in [7, 11) is 0. The van der Waals surface area contributed by atoms with Gasteiger partial charge in [-0.1, -0.05) is 17.3 Å². The quantitative estimate of drug-likeness (QED) is 0.311. The average molecular weight is 451 g/mol. The molecule has 0 aliphatic carbocycles. The highest BCUT2D eigenvalue weighted by atomic mass is 19.1. The number of hydrogen-bond acceptors (Lipinski definition) is 8. The SMILES string of the molecule is CC1(COc2ccc(-n3cc(COc4ccccc4F)nn3)cc2)Cn2cc(NN)nc2O1. The Morgan fingerprint density at radius 1 is 1.15 bits per heavy atom. The lowest BCUT2D eigenvalue weighted by atomic mass is 10.1. The molecule has 33 heavy (non-hydrogen) atoms. The smallest absolute Gasteiger partial charge is 0.299 e. The summed E-state index contributed by atoms with van der Waals surface area (Å²) in [5, 5.41) is 8.19. The molecule has 1 aliphatic rings. The number of anilines is 1. The van der Waals surface area contributed by atoms with E-state index in [1.807, 2.05) is 35.8 Å². The predicted octanol–water partition coefficient (Wildman–Crippen LogP) is 2.70. The summed E-state index contributed by atoms with van der Waals surface area (Å²) in [5.74, 6) is 6.38. The Bertz CT molecular complexity index is 1230. The van der Waals surface area contributed by atoms with Gasteiger partial charge in [-0.25, -0.2) is 14.9 Å². The van der Waals surface area contributed by atoms with Crippen molar-refractivity contribution in [1.29, 1.82) is 0 Å². The van der Waals surface area contributed by atoms with Crippen LogP contribution < -0.4 is 25.5 Å². The molecule has 0 fully saturated rings. The summed E-state index contributed by atoms with van der Waals surface area (Å²) in [5.41, 5.74) is 3.35. The first kappa shape index (κ1) is 20.8. The number of halogens is 1. The third-order valence-electron chi connectivity index (χ3n) is 5.13. The summed E-state index contributed by atoms with van der Waals surface area (Å²) in [6.45, 7) is 3.03. The van der Waals surface area contributed by atoms with Crippen LogP contribution >= 0.6 is 0 Å². The summed E-state index contributed by atoms with van der Waals surface area (Å²) in [6.07, 6.45) is 3.53. The van der Waals surface area contributed by atoms with E-state index in [2.05, 4.69) is 20.7 Å². The van der Waals surface area contributed by atoms with Gasteiger partial charge in [-0.3, -0.25) is 4.57 Å². The number of imidazole rings is 1. The van der Waals surface area contributed by atoms with Gasteiger partial charge in [0.05, 0.1) is 24.6 Å². The van der Waals surface area contributed by atoms with Crippen molar-refractivity contribution in [1.82, 2.24) is 24.5 Å². The average Bonchev–Trinajstić information content (AvgIpc) is 3.51. The minimum atomic E-state index is -0.535. The highest BCUT2D eigenvalue weighted by Gasteiger charge is 2.37. The molecule has 10 nitrogen and oxygen atoms in total. The van der Waals surface area contributed by atoms with Gasteiger partial charge in [0.25, 0.3) is 6.01 Å². The summed E-state index contributed by atoms with van der Waals surface area (Å²) < 4.78 is 34.5. The number of benzene rings is 2. The van der Waals surface area contributed by atoms with Crippen molar-refractivity contribution in [3.8, 4) is 23.2 Å². The number of ether oxygens (including phenoxy) is 3. The van der Waals surface area contributed by atoms with Crippen LogP contribution in [0.1, 0.15) is 12.6 Å². The van der Waals surface area contributed by atoms with Crippen molar-refractivity contribution in [2.45, 2.75) is 25.7 Å². The number of rotatable bonds is 8. The fourth-order valence-corrected chi connectivity index (χ4v) is 3.49. The molecule has 5 rings (SSSR count). The second kappa shape index (κ2) is 8.43. The first-order chi connectivity index (χ1) is 16.0. The van der Waals surface area contributed by atoms with Crippen LogP contribution in [-0.2, 0) is 13.2 Å². The fraction of sp³-hybridized carbons (Fsp3) is 0.227. The number of nitrogens with zero attached hydrogens (tertiary/aromatic N) is 5. The number of nitrogens with two attached hydrogens (primary N) is 1. The van der Waals surface area contributed by atoms with Gasteiger partial charge in [-0.2, -0.15) is 4.98 Å². The van der Waals surface area contributed by atoms with Crippen molar-refractivity contribution < 1.29 is 18.6 Å². The number of hydrazine groups is 1. The highest BCUT2D eigenvalue weighted by Crippen LogP contribution is 2.30. The number of hydrogen-bond donors (Lipinski definition) is 2. The van der Waals surface area contributed by atoms with Crippen molar-refractivity contribution in [2.75, 3.05) is 12.0 Å². The van der Waals surface area contributed by atoms with Crippen molar-refractivity contribution in [3.05, 3.63) is 72.4 Å². The van der Waals surface area contributed by atoms with Crippen LogP contribution in [-0.4, -0.2) is 36.8 Å². The molecule has 2 aromatic carbocycles. The standard InChI is InChI=1S/C22H22FN7O3/c1-22(13-29-11-20(26-24)25-21(29)33-22)14-32-17-8-6-16(7-9-17)30-10-15(27-28-30)12-31-19-5-3-2-4-18(19)23/h2-11,26H,12-14,24H2,1H3. The number of nitrogens with one attached hydrogen (secondary N) is 1. The van der Waals surface area contributed by atoms with Gasteiger partial charge >= 0.3 is 0 Å². The molecule has 0 saturated heterocycles.